The molecule has 0 atom stereocenters. The topological polar surface area (TPSA) is 30.5 Å². The zero-order valence-electron chi connectivity index (χ0n) is 9.25. The van der Waals surface area contributed by atoms with Crippen LogP contribution in [-0.2, 0) is 6.54 Å². The molecule has 3 nitrogen and oxygen atoms in total. The second kappa shape index (κ2) is 4.53. The van der Waals surface area contributed by atoms with Crippen molar-refractivity contribution in [2.45, 2.75) is 25.4 Å². The summed E-state index contributed by atoms with van der Waals surface area (Å²) in [6.07, 6.45) is 2.63. The lowest BCUT2D eigenvalue weighted by Gasteiger charge is -2.09. The third-order valence-corrected chi connectivity index (χ3v) is 2.62. The van der Waals surface area contributed by atoms with Crippen molar-refractivity contribution < 1.29 is 9.47 Å². The molecular formula is C12H17NO2. The fourth-order valence-electron chi connectivity index (χ4n) is 1.54. The van der Waals surface area contributed by atoms with Crippen molar-refractivity contribution in [1.29, 1.82) is 0 Å². The van der Waals surface area contributed by atoms with Gasteiger partial charge in [-0.3, -0.25) is 0 Å². The molecule has 1 aromatic carbocycles. The number of ether oxygens (including phenoxy) is 2. The first-order chi connectivity index (χ1) is 7.33. The Hall–Kier alpha value is -1.22. The van der Waals surface area contributed by atoms with Crippen molar-refractivity contribution in [3.63, 3.8) is 0 Å². The van der Waals surface area contributed by atoms with Gasteiger partial charge in [0.05, 0.1) is 14.2 Å². The van der Waals surface area contributed by atoms with Crippen LogP contribution in [0.15, 0.2) is 18.2 Å². The van der Waals surface area contributed by atoms with Gasteiger partial charge in [-0.2, -0.15) is 0 Å². The Bertz CT molecular complexity index is 334. The Morgan fingerprint density at radius 2 is 1.93 bits per heavy atom. The van der Waals surface area contributed by atoms with Crippen LogP contribution in [0.1, 0.15) is 18.4 Å². The molecule has 0 aromatic heterocycles. The Balaban J connectivity index is 2.03. The van der Waals surface area contributed by atoms with Crippen molar-refractivity contribution >= 4 is 0 Å². The summed E-state index contributed by atoms with van der Waals surface area (Å²) in [6.45, 7) is 0.908. The van der Waals surface area contributed by atoms with Gasteiger partial charge in [-0.25, -0.2) is 0 Å². The SMILES string of the molecule is COc1ccc(CNC2CC2)cc1OC. The van der Waals surface area contributed by atoms with E-state index in [0.717, 1.165) is 24.1 Å². The van der Waals surface area contributed by atoms with Gasteiger partial charge in [0.15, 0.2) is 11.5 Å². The summed E-state index contributed by atoms with van der Waals surface area (Å²) in [6, 6.07) is 6.77. The molecule has 0 spiro atoms. The van der Waals surface area contributed by atoms with Gasteiger partial charge in [-0.1, -0.05) is 6.07 Å². The normalized spacial score (nSPS) is 15.1. The maximum Gasteiger partial charge on any atom is 0.161 e. The van der Waals surface area contributed by atoms with Gasteiger partial charge in [-0.15, -0.1) is 0 Å². The molecule has 0 radical (unpaired) electrons. The van der Waals surface area contributed by atoms with Crippen LogP contribution >= 0.6 is 0 Å². The molecule has 0 heterocycles. The summed E-state index contributed by atoms with van der Waals surface area (Å²) in [5.74, 6) is 1.58. The third kappa shape index (κ3) is 2.63. The molecular weight excluding hydrogens is 190 g/mol. The predicted molar refractivity (Wildman–Crippen MR) is 59.4 cm³/mol. The molecule has 0 amide bonds. The first-order valence-corrected chi connectivity index (χ1v) is 5.28. The quantitative estimate of drug-likeness (QED) is 0.800. The zero-order chi connectivity index (χ0) is 10.7. The van der Waals surface area contributed by atoms with Gasteiger partial charge in [-0.05, 0) is 30.5 Å². The van der Waals surface area contributed by atoms with E-state index < -0.39 is 0 Å². The molecule has 0 bridgehead atoms. The molecule has 3 heteroatoms. The first kappa shape index (κ1) is 10.3. The van der Waals surface area contributed by atoms with E-state index in [1.807, 2.05) is 12.1 Å². The molecule has 1 aliphatic carbocycles. The van der Waals surface area contributed by atoms with Crippen LogP contribution in [0, 0.1) is 0 Å². The molecule has 0 aliphatic heterocycles. The van der Waals surface area contributed by atoms with Crippen LogP contribution in [-0.4, -0.2) is 20.3 Å². The summed E-state index contributed by atoms with van der Waals surface area (Å²) < 4.78 is 10.4. The fraction of sp³-hybridized carbons (Fsp3) is 0.500. The highest BCUT2D eigenvalue weighted by molar-refractivity contribution is 5.42. The van der Waals surface area contributed by atoms with E-state index in [-0.39, 0.29) is 0 Å². The molecule has 15 heavy (non-hydrogen) atoms. The van der Waals surface area contributed by atoms with Crippen LogP contribution < -0.4 is 14.8 Å². The van der Waals surface area contributed by atoms with Crippen LogP contribution in [0.3, 0.4) is 0 Å². The lowest BCUT2D eigenvalue weighted by molar-refractivity contribution is 0.354. The number of methoxy groups -OCH3 is 2. The molecule has 0 saturated heterocycles. The molecule has 1 aliphatic rings. The maximum absolute atomic E-state index is 5.25. The van der Waals surface area contributed by atoms with E-state index in [1.54, 1.807) is 14.2 Å². The van der Waals surface area contributed by atoms with Gasteiger partial charge >= 0.3 is 0 Å². The van der Waals surface area contributed by atoms with Gasteiger partial charge in [0.2, 0.25) is 0 Å². The lowest BCUT2D eigenvalue weighted by Crippen LogP contribution is -2.15. The third-order valence-electron chi connectivity index (χ3n) is 2.62. The van der Waals surface area contributed by atoms with E-state index in [1.165, 1.54) is 18.4 Å². The molecule has 0 unspecified atom stereocenters. The van der Waals surface area contributed by atoms with E-state index >= 15 is 0 Å². The summed E-state index contributed by atoms with van der Waals surface area (Å²) >= 11 is 0. The molecule has 2 rings (SSSR count). The van der Waals surface area contributed by atoms with Crippen LogP contribution in [0.4, 0.5) is 0 Å². The zero-order valence-corrected chi connectivity index (χ0v) is 9.25. The van der Waals surface area contributed by atoms with Crippen molar-refractivity contribution in [2.24, 2.45) is 0 Å². The Kier molecular flexibility index (Phi) is 3.11. The van der Waals surface area contributed by atoms with E-state index in [4.69, 9.17) is 9.47 Å². The first-order valence-electron chi connectivity index (χ1n) is 5.28. The highest BCUT2D eigenvalue weighted by Crippen LogP contribution is 2.28. The van der Waals surface area contributed by atoms with Crippen LogP contribution in [0.2, 0.25) is 0 Å². The Morgan fingerprint density at radius 1 is 1.20 bits per heavy atom. The number of nitrogens with one attached hydrogen (secondary N) is 1. The molecule has 1 aromatic rings. The minimum atomic E-state index is 0.734. The fourth-order valence-corrected chi connectivity index (χ4v) is 1.54. The van der Waals surface area contributed by atoms with Gasteiger partial charge < -0.3 is 14.8 Å². The van der Waals surface area contributed by atoms with Crippen LogP contribution in [0.25, 0.3) is 0 Å². The minimum absolute atomic E-state index is 0.734. The standard InChI is InChI=1S/C12H17NO2/c1-14-11-6-3-9(7-12(11)15-2)8-13-10-4-5-10/h3,6-7,10,13H,4-5,8H2,1-2H3. The van der Waals surface area contributed by atoms with E-state index in [9.17, 15) is 0 Å². The molecule has 82 valence electrons. The number of hydrogen-bond donors (Lipinski definition) is 1. The molecule has 1 saturated carbocycles. The minimum Gasteiger partial charge on any atom is -0.493 e. The summed E-state index contributed by atoms with van der Waals surface area (Å²) in [5, 5.41) is 3.47. The summed E-state index contributed by atoms with van der Waals surface area (Å²) in [5.41, 5.74) is 1.24. The van der Waals surface area contributed by atoms with Crippen molar-refractivity contribution in [2.75, 3.05) is 14.2 Å². The molecule has 1 fully saturated rings. The lowest BCUT2D eigenvalue weighted by atomic mass is 10.2. The average molecular weight is 207 g/mol. The summed E-state index contributed by atoms with van der Waals surface area (Å²) in [4.78, 5) is 0. The van der Waals surface area contributed by atoms with Gasteiger partial charge in [0.1, 0.15) is 0 Å². The Morgan fingerprint density at radius 3 is 2.53 bits per heavy atom. The monoisotopic (exact) mass is 207 g/mol. The maximum atomic E-state index is 5.25. The van der Waals surface area contributed by atoms with Crippen molar-refractivity contribution in [1.82, 2.24) is 5.32 Å². The van der Waals surface area contributed by atoms with Crippen LogP contribution in [0.5, 0.6) is 11.5 Å². The largest absolute Gasteiger partial charge is 0.493 e. The number of rotatable bonds is 5. The Labute approximate surface area is 90.4 Å². The average Bonchev–Trinajstić information content (AvgIpc) is 3.09. The highest BCUT2D eigenvalue weighted by Gasteiger charge is 2.20. The number of hydrogen-bond acceptors (Lipinski definition) is 3. The van der Waals surface area contributed by atoms with E-state index in [0.29, 0.717) is 0 Å². The smallest absolute Gasteiger partial charge is 0.161 e. The number of benzene rings is 1. The molecule has 1 N–H and O–H groups in total. The predicted octanol–water partition coefficient (Wildman–Crippen LogP) is 1.96. The highest BCUT2D eigenvalue weighted by atomic mass is 16.5. The van der Waals surface area contributed by atoms with E-state index in [2.05, 4.69) is 11.4 Å². The summed E-state index contributed by atoms with van der Waals surface area (Å²) in [7, 11) is 3.32. The van der Waals surface area contributed by atoms with Crippen molar-refractivity contribution in [3.8, 4) is 11.5 Å². The van der Waals surface area contributed by atoms with Crippen molar-refractivity contribution in [3.05, 3.63) is 23.8 Å². The second-order valence-corrected chi connectivity index (χ2v) is 3.84. The van der Waals surface area contributed by atoms with Gasteiger partial charge in [0.25, 0.3) is 0 Å². The van der Waals surface area contributed by atoms with Gasteiger partial charge in [0, 0.05) is 12.6 Å². The second-order valence-electron chi connectivity index (χ2n) is 3.84.